The Morgan fingerprint density at radius 1 is 1.12 bits per heavy atom. The fourth-order valence-corrected chi connectivity index (χ4v) is 4.37. The van der Waals surface area contributed by atoms with Gasteiger partial charge in [-0.05, 0) is 63.8 Å². The Hall–Kier alpha value is -2.87. The lowest BCUT2D eigenvalue weighted by Gasteiger charge is -2.21. The van der Waals surface area contributed by atoms with Crippen molar-refractivity contribution >= 4 is 23.5 Å². The lowest BCUT2D eigenvalue weighted by atomic mass is 10.0. The molecule has 8 heteroatoms. The molecule has 1 atom stereocenters. The van der Waals surface area contributed by atoms with E-state index in [9.17, 15) is 4.79 Å². The summed E-state index contributed by atoms with van der Waals surface area (Å²) in [5.74, 6) is 2.76. The van der Waals surface area contributed by atoms with Crippen molar-refractivity contribution < 1.29 is 14.1 Å². The SMILES string of the molecule is CC(C)(C)OC(=O)CC(CSc1ccccc1)Cc1nc(CCCCNc2ccccn2)no1. The van der Waals surface area contributed by atoms with E-state index in [1.165, 1.54) is 4.90 Å². The van der Waals surface area contributed by atoms with Gasteiger partial charge in [0.25, 0.3) is 0 Å². The lowest BCUT2D eigenvalue weighted by Crippen LogP contribution is -2.26. The number of anilines is 1. The highest BCUT2D eigenvalue weighted by Gasteiger charge is 2.23. The van der Waals surface area contributed by atoms with Crippen LogP contribution in [-0.4, -0.2) is 39.0 Å². The van der Waals surface area contributed by atoms with Gasteiger partial charge in [-0.25, -0.2) is 4.98 Å². The molecule has 0 aliphatic rings. The number of esters is 1. The monoisotopic (exact) mass is 482 g/mol. The molecule has 0 aliphatic heterocycles. The summed E-state index contributed by atoms with van der Waals surface area (Å²) in [6.45, 7) is 6.49. The van der Waals surface area contributed by atoms with Gasteiger partial charge < -0.3 is 14.6 Å². The number of ether oxygens (including phenoxy) is 1. The first-order valence-corrected chi connectivity index (χ1v) is 12.7. The lowest BCUT2D eigenvalue weighted by molar-refractivity contribution is -0.155. The minimum Gasteiger partial charge on any atom is -0.460 e. The largest absolute Gasteiger partial charge is 0.460 e. The number of carbonyl (C=O) groups excluding carboxylic acids is 1. The van der Waals surface area contributed by atoms with Crippen LogP contribution in [0.3, 0.4) is 0 Å². The van der Waals surface area contributed by atoms with Crippen molar-refractivity contribution in [2.24, 2.45) is 5.92 Å². The van der Waals surface area contributed by atoms with Gasteiger partial charge in [-0.1, -0.05) is 29.4 Å². The number of hydrogen-bond donors (Lipinski definition) is 1. The molecule has 0 bridgehead atoms. The molecule has 0 fully saturated rings. The average Bonchev–Trinajstić information content (AvgIpc) is 3.24. The maximum atomic E-state index is 12.5. The highest BCUT2D eigenvalue weighted by atomic mass is 32.2. The van der Waals surface area contributed by atoms with E-state index < -0.39 is 5.60 Å². The first-order valence-electron chi connectivity index (χ1n) is 11.7. The summed E-state index contributed by atoms with van der Waals surface area (Å²) >= 11 is 1.72. The highest BCUT2D eigenvalue weighted by Crippen LogP contribution is 2.25. The number of thioether (sulfide) groups is 1. The standard InChI is InChI=1S/C26H34N4O3S/c1-26(2,3)32-25(31)18-20(19-34-21-11-5-4-6-12-21)17-24-29-23(30-33-24)14-8-10-16-28-22-13-7-9-15-27-22/h4-7,9,11-13,15,20H,8,10,14,16-19H2,1-3H3,(H,27,28). The van der Waals surface area contributed by atoms with Gasteiger partial charge in [-0.3, -0.25) is 4.79 Å². The van der Waals surface area contributed by atoms with E-state index in [0.717, 1.165) is 37.4 Å². The number of rotatable bonds is 13. The number of hydrogen-bond acceptors (Lipinski definition) is 8. The Morgan fingerprint density at radius 3 is 2.65 bits per heavy atom. The van der Waals surface area contributed by atoms with Crippen LogP contribution in [0.5, 0.6) is 0 Å². The predicted molar refractivity (Wildman–Crippen MR) is 135 cm³/mol. The summed E-state index contributed by atoms with van der Waals surface area (Å²) in [7, 11) is 0. The summed E-state index contributed by atoms with van der Waals surface area (Å²) in [5.41, 5.74) is -0.503. The number of aryl methyl sites for hydroxylation is 1. The van der Waals surface area contributed by atoms with Crippen LogP contribution in [0, 0.1) is 5.92 Å². The molecule has 3 aromatic rings. The van der Waals surface area contributed by atoms with Gasteiger partial charge in [0.15, 0.2) is 5.82 Å². The third-order valence-corrected chi connectivity index (χ3v) is 6.12. The van der Waals surface area contributed by atoms with Crippen LogP contribution in [0.25, 0.3) is 0 Å². The molecule has 0 saturated carbocycles. The number of nitrogens with one attached hydrogen (secondary N) is 1. The van der Waals surface area contributed by atoms with E-state index in [1.54, 1.807) is 18.0 Å². The van der Waals surface area contributed by atoms with E-state index >= 15 is 0 Å². The topological polar surface area (TPSA) is 90.1 Å². The number of pyridine rings is 1. The third kappa shape index (κ3) is 9.95. The van der Waals surface area contributed by atoms with Crippen molar-refractivity contribution in [3.05, 3.63) is 66.4 Å². The second kappa shape index (κ2) is 13.1. The summed E-state index contributed by atoms with van der Waals surface area (Å²) in [5, 5.41) is 7.44. The number of benzene rings is 1. The molecule has 0 spiro atoms. The first-order chi connectivity index (χ1) is 16.4. The van der Waals surface area contributed by atoms with Gasteiger partial charge in [0.2, 0.25) is 5.89 Å². The molecule has 0 aliphatic carbocycles. The first kappa shape index (κ1) is 25.7. The molecule has 34 heavy (non-hydrogen) atoms. The zero-order valence-corrected chi connectivity index (χ0v) is 21.0. The fourth-order valence-electron chi connectivity index (χ4n) is 3.35. The highest BCUT2D eigenvalue weighted by molar-refractivity contribution is 7.99. The van der Waals surface area contributed by atoms with Crippen molar-refractivity contribution in [3.63, 3.8) is 0 Å². The Morgan fingerprint density at radius 2 is 1.91 bits per heavy atom. The van der Waals surface area contributed by atoms with Crippen LogP contribution in [0.15, 0.2) is 64.1 Å². The van der Waals surface area contributed by atoms with E-state index in [0.29, 0.717) is 24.6 Å². The van der Waals surface area contributed by atoms with Gasteiger partial charge in [-0.15, -0.1) is 11.8 Å². The van der Waals surface area contributed by atoms with E-state index in [-0.39, 0.29) is 11.9 Å². The smallest absolute Gasteiger partial charge is 0.306 e. The summed E-state index contributed by atoms with van der Waals surface area (Å²) < 4.78 is 11.1. The van der Waals surface area contributed by atoms with Gasteiger partial charge in [0.1, 0.15) is 11.4 Å². The number of unbranched alkanes of at least 4 members (excludes halogenated alkanes) is 1. The van der Waals surface area contributed by atoms with Crippen molar-refractivity contribution in [1.29, 1.82) is 0 Å². The number of carbonyl (C=O) groups is 1. The van der Waals surface area contributed by atoms with Crippen LogP contribution in [0.2, 0.25) is 0 Å². The van der Waals surface area contributed by atoms with E-state index in [4.69, 9.17) is 9.26 Å². The van der Waals surface area contributed by atoms with Crippen molar-refractivity contribution in [1.82, 2.24) is 15.1 Å². The van der Waals surface area contributed by atoms with Crippen molar-refractivity contribution in [3.8, 4) is 0 Å². The third-order valence-electron chi connectivity index (χ3n) is 4.88. The predicted octanol–water partition coefficient (Wildman–Crippen LogP) is 5.58. The molecule has 1 aromatic carbocycles. The summed E-state index contributed by atoms with van der Waals surface area (Å²) in [4.78, 5) is 22.5. The molecule has 3 rings (SSSR count). The van der Waals surface area contributed by atoms with Crippen LogP contribution in [0.1, 0.15) is 51.7 Å². The van der Waals surface area contributed by atoms with Gasteiger partial charge >= 0.3 is 5.97 Å². The average molecular weight is 483 g/mol. The molecule has 2 aromatic heterocycles. The number of aromatic nitrogens is 3. The molecular formula is C26H34N4O3S. The normalized spacial score (nSPS) is 12.3. The van der Waals surface area contributed by atoms with Crippen LogP contribution < -0.4 is 5.32 Å². The Kier molecular flexibility index (Phi) is 9.94. The van der Waals surface area contributed by atoms with Crippen LogP contribution >= 0.6 is 11.8 Å². The second-order valence-electron chi connectivity index (χ2n) is 9.19. The second-order valence-corrected chi connectivity index (χ2v) is 10.3. The van der Waals surface area contributed by atoms with Gasteiger partial charge in [-0.2, -0.15) is 4.98 Å². The Labute approximate surface area is 206 Å². The van der Waals surface area contributed by atoms with Crippen molar-refractivity contribution in [2.45, 2.75) is 63.4 Å². The molecular weight excluding hydrogens is 448 g/mol. The van der Waals surface area contributed by atoms with Gasteiger partial charge in [0, 0.05) is 42.7 Å². The van der Waals surface area contributed by atoms with E-state index in [2.05, 4.69) is 32.6 Å². The molecule has 1 unspecified atom stereocenters. The molecule has 0 radical (unpaired) electrons. The fraction of sp³-hybridized carbons (Fsp3) is 0.462. The van der Waals surface area contributed by atoms with E-state index in [1.807, 2.05) is 57.2 Å². The summed E-state index contributed by atoms with van der Waals surface area (Å²) in [6, 6.07) is 16.0. The summed E-state index contributed by atoms with van der Waals surface area (Å²) in [6.07, 6.45) is 5.32. The maximum absolute atomic E-state index is 12.5. The molecule has 182 valence electrons. The quantitative estimate of drug-likeness (QED) is 0.192. The zero-order valence-electron chi connectivity index (χ0n) is 20.2. The van der Waals surface area contributed by atoms with Crippen LogP contribution in [-0.2, 0) is 22.4 Å². The molecule has 2 heterocycles. The van der Waals surface area contributed by atoms with Crippen molar-refractivity contribution in [2.75, 3.05) is 17.6 Å². The zero-order chi connectivity index (χ0) is 24.2. The minimum absolute atomic E-state index is 0.0379. The minimum atomic E-state index is -0.503. The molecule has 0 amide bonds. The molecule has 1 N–H and O–H groups in total. The Balaban J connectivity index is 1.48. The van der Waals surface area contributed by atoms with Gasteiger partial charge in [0.05, 0.1) is 0 Å². The Bertz CT molecular complexity index is 990. The maximum Gasteiger partial charge on any atom is 0.306 e. The molecule has 7 nitrogen and oxygen atoms in total. The molecule has 0 saturated heterocycles. The number of nitrogens with zero attached hydrogens (tertiary/aromatic N) is 3. The van der Waals surface area contributed by atoms with Crippen LogP contribution in [0.4, 0.5) is 5.82 Å².